The third-order valence-electron chi connectivity index (χ3n) is 5.41. The van der Waals surface area contributed by atoms with Gasteiger partial charge in [0.2, 0.25) is 11.8 Å². The van der Waals surface area contributed by atoms with Crippen LogP contribution in [0.25, 0.3) is 0 Å². The lowest BCUT2D eigenvalue weighted by Gasteiger charge is -2.33. The Bertz CT molecular complexity index is 545. The van der Waals surface area contributed by atoms with E-state index in [1.807, 2.05) is 0 Å². The Morgan fingerprint density at radius 3 is 2.75 bits per heavy atom. The third-order valence-corrected chi connectivity index (χ3v) is 5.41. The van der Waals surface area contributed by atoms with Crippen molar-refractivity contribution < 1.29 is 9.32 Å². The molecule has 0 bridgehead atoms. The van der Waals surface area contributed by atoms with Crippen LogP contribution in [0.4, 0.5) is 0 Å². The first-order chi connectivity index (χ1) is 11.7. The average molecular weight is 334 g/mol. The second-order valence-corrected chi connectivity index (χ2v) is 7.19. The van der Waals surface area contributed by atoms with Crippen LogP contribution in [0.5, 0.6) is 0 Å². The molecule has 2 aliphatic heterocycles. The number of hydrogen-bond acceptors (Lipinski definition) is 5. The summed E-state index contributed by atoms with van der Waals surface area (Å²) < 4.78 is 5.25. The number of carbonyl (C=O) groups excluding carboxylic acids is 1. The summed E-state index contributed by atoms with van der Waals surface area (Å²) in [7, 11) is 2.20. The van der Waals surface area contributed by atoms with Crippen LogP contribution >= 0.6 is 0 Å². The van der Waals surface area contributed by atoms with Crippen LogP contribution in [0.15, 0.2) is 4.52 Å². The second kappa shape index (κ2) is 8.10. The number of amides is 1. The molecule has 0 unspecified atom stereocenters. The smallest absolute Gasteiger partial charge is 0.226 e. The molecular weight excluding hydrogens is 304 g/mol. The highest BCUT2D eigenvalue weighted by molar-refractivity contribution is 5.76. The lowest BCUT2D eigenvalue weighted by molar-refractivity contribution is -0.133. The lowest BCUT2D eigenvalue weighted by Crippen LogP contribution is -2.47. The van der Waals surface area contributed by atoms with Crippen molar-refractivity contribution in [2.75, 3.05) is 20.1 Å². The van der Waals surface area contributed by atoms with E-state index < -0.39 is 0 Å². The van der Waals surface area contributed by atoms with Crippen LogP contribution in [0.2, 0.25) is 0 Å². The Kier molecular flexibility index (Phi) is 5.87. The molecule has 134 valence electrons. The van der Waals surface area contributed by atoms with E-state index in [2.05, 4.69) is 33.9 Å². The highest BCUT2D eigenvalue weighted by atomic mass is 16.5. The number of likely N-dealkylation sites (N-methyl/N-ethyl adjacent to an activating group) is 1. The van der Waals surface area contributed by atoms with Gasteiger partial charge < -0.3 is 14.3 Å². The van der Waals surface area contributed by atoms with Gasteiger partial charge in [0.1, 0.15) is 0 Å². The van der Waals surface area contributed by atoms with Crippen LogP contribution in [-0.2, 0) is 17.6 Å². The van der Waals surface area contributed by atoms with Crippen molar-refractivity contribution in [3.05, 3.63) is 11.7 Å². The Balaban J connectivity index is 1.47. The maximum absolute atomic E-state index is 12.7. The van der Waals surface area contributed by atoms with E-state index in [9.17, 15) is 4.79 Å². The molecule has 6 nitrogen and oxygen atoms in total. The van der Waals surface area contributed by atoms with Crippen molar-refractivity contribution >= 4 is 5.91 Å². The zero-order chi connectivity index (χ0) is 16.9. The molecule has 2 saturated heterocycles. The monoisotopic (exact) mass is 334 g/mol. The summed E-state index contributed by atoms with van der Waals surface area (Å²) in [6, 6.07) is 0.980. The molecule has 2 atom stereocenters. The molecule has 0 aliphatic carbocycles. The maximum atomic E-state index is 12.7. The van der Waals surface area contributed by atoms with Crippen molar-refractivity contribution in [1.82, 2.24) is 19.9 Å². The number of hydrogen-bond donors (Lipinski definition) is 0. The Hall–Kier alpha value is -1.43. The number of likely N-dealkylation sites (tertiary alicyclic amines) is 2. The van der Waals surface area contributed by atoms with Gasteiger partial charge in [0.05, 0.1) is 0 Å². The number of aryl methyl sites for hydroxylation is 2. The summed E-state index contributed by atoms with van der Waals surface area (Å²) >= 11 is 0. The minimum Gasteiger partial charge on any atom is -0.339 e. The molecule has 0 radical (unpaired) electrons. The molecule has 1 amide bonds. The predicted molar refractivity (Wildman–Crippen MR) is 91.6 cm³/mol. The third kappa shape index (κ3) is 3.97. The molecule has 0 saturated carbocycles. The van der Waals surface area contributed by atoms with Crippen molar-refractivity contribution in [2.24, 2.45) is 0 Å². The van der Waals surface area contributed by atoms with Crippen molar-refractivity contribution in [3.63, 3.8) is 0 Å². The van der Waals surface area contributed by atoms with Gasteiger partial charge in [0, 0.05) is 37.9 Å². The van der Waals surface area contributed by atoms with E-state index >= 15 is 0 Å². The first-order valence-electron chi connectivity index (χ1n) is 9.50. The lowest BCUT2D eigenvalue weighted by atomic mass is 10.0. The highest BCUT2D eigenvalue weighted by Gasteiger charge is 2.37. The topological polar surface area (TPSA) is 62.5 Å². The van der Waals surface area contributed by atoms with E-state index in [1.165, 1.54) is 19.4 Å². The quantitative estimate of drug-likeness (QED) is 0.766. The summed E-state index contributed by atoms with van der Waals surface area (Å²) in [6.45, 7) is 4.19. The molecule has 2 fully saturated rings. The zero-order valence-corrected chi connectivity index (χ0v) is 15.0. The van der Waals surface area contributed by atoms with Gasteiger partial charge in [-0.15, -0.1) is 0 Å². The molecule has 0 aromatic carbocycles. The molecule has 1 aromatic heterocycles. The minimum absolute atomic E-state index is 0.297. The molecule has 0 spiro atoms. The van der Waals surface area contributed by atoms with Gasteiger partial charge in [0.25, 0.3) is 0 Å². The van der Waals surface area contributed by atoms with Gasteiger partial charge in [-0.2, -0.15) is 4.98 Å². The van der Waals surface area contributed by atoms with Crippen LogP contribution in [-0.4, -0.2) is 58.1 Å². The van der Waals surface area contributed by atoms with Gasteiger partial charge >= 0.3 is 0 Å². The van der Waals surface area contributed by atoms with Gasteiger partial charge in [-0.25, -0.2) is 0 Å². The Morgan fingerprint density at radius 1 is 1.21 bits per heavy atom. The molecule has 24 heavy (non-hydrogen) atoms. The maximum Gasteiger partial charge on any atom is 0.226 e. The summed E-state index contributed by atoms with van der Waals surface area (Å²) in [6.07, 6.45) is 8.73. The molecule has 3 rings (SSSR count). The zero-order valence-electron chi connectivity index (χ0n) is 15.0. The van der Waals surface area contributed by atoms with Gasteiger partial charge in [-0.3, -0.25) is 4.79 Å². The van der Waals surface area contributed by atoms with Gasteiger partial charge in [-0.1, -0.05) is 12.1 Å². The largest absolute Gasteiger partial charge is 0.339 e. The van der Waals surface area contributed by atoms with Crippen molar-refractivity contribution in [1.29, 1.82) is 0 Å². The van der Waals surface area contributed by atoms with Crippen LogP contribution in [0.1, 0.15) is 63.6 Å². The summed E-state index contributed by atoms with van der Waals surface area (Å²) in [5.74, 6) is 1.74. The second-order valence-electron chi connectivity index (χ2n) is 7.19. The van der Waals surface area contributed by atoms with Gasteiger partial charge in [-0.05, 0) is 52.1 Å². The van der Waals surface area contributed by atoms with E-state index in [1.54, 1.807) is 0 Å². The van der Waals surface area contributed by atoms with E-state index in [0.29, 0.717) is 36.7 Å². The number of carbonyl (C=O) groups is 1. The van der Waals surface area contributed by atoms with Crippen molar-refractivity contribution in [3.8, 4) is 0 Å². The average Bonchev–Trinajstić information content (AvgIpc) is 3.28. The fraction of sp³-hybridized carbons (Fsp3) is 0.833. The molecule has 2 aliphatic rings. The van der Waals surface area contributed by atoms with Crippen LogP contribution in [0, 0.1) is 0 Å². The molecular formula is C18H30N4O2. The van der Waals surface area contributed by atoms with Crippen LogP contribution < -0.4 is 0 Å². The molecule has 1 aromatic rings. The number of aromatic nitrogens is 2. The fourth-order valence-electron chi connectivity index (χ4n) is 4.18. The molecule has 0 N–H and O–H groups in total. The summed E-state index contributed by atoms with van der Waals surface area (Å²) in [5, 5.41) is 3.97. The highest BCUT2D eigenvalue weighted by Crippen LogP contribution is 2.29. The predicted octanol–water partition coefficient (Wildman–Crippen LogP) is 2.43. The fourth-order valence-corrected chi connectivity index (χ4v) is 4.18. The van der Waals surface area contributed by atoms with E-state index in [4.69, 9.17) is 4.52 Å². The molecule has 6 heteroatoms. The van der Waals surface area contributed by atoms with E-state index in [0.717, 1.165) is 44.5 Å². The Labute approximate surface area is 144 Å². The molecule has 3 heterocycles. The summed E-state index contributed by atoms with van der Waals surface area (Å²) in [5.41, 5.74) is 0. The minimum atomic E-state index is 0.297. The summed E-state index contributed by atoms with van der Waals surface area (Å²) in [4.78, 5) is 21.6. The van der Waals surface area contributed by atoms with Crippen molar-refractivity contribution in [2.45, 2.75) is 76.8 Å². The Morgan fingerprint density at radius 2 is 2.00 bits per heavy atom. The SMILES string of the molecule is CCCc1noc(CCCC(=O)N2CCC[C@@H]2[C@@H]2CCCN2C)n1. The standard InChI is InChI=1S/C18H30N4O2/c1-3-7-16-19-17(24-20-16)10-4-11-18(23)22-13-6-9-15(22)14-8-5-12-21(14)2/h14-15H,3-13H2,1-2H3/t14-,15+/m0/s1. The number of rotatable bonds is 7. The first-order valence-corrected chi connectivity index (χ1v) is 9.50. The number of nitrogens with zero attached hydrogens (tertiary/aromatic N) is 4. The first kappa shape index (κ1) is 17.4. The van der Waals surface area contributed by atoms with E-state index in [-0.39, 0.29) is 0 Å². The van der Waals surface area contributed by atoms with Crippen LogP contribution in [0.3, 0.4) is 0 Å². The normalized spacial score (nSPS) is 24.8. The van der Waals surface area contributed by atoms with Gasteiger partial charge in [0.15, 0.2) is 5.82 Å².